The van der Waals surface area contributed by atoms with Crippen molar-refractivity contribution >= 4 is 20.4 Å². The Hall–Kier alpha value is -2.64. The van der Waals surface area contributed by atoms with Gasteiger partial charge in [-0.15, -0.1) is 0 Å². The van der Waals surface area contributed by atoms with Gasteiger partial charge in [-0.2, -0.15) is 0 Å². The first-order valence-electron chi connectivity index (χ1n) is 10.2. The van der Waals surface area contributed by atoms with E-state index in [0.717, 1.165) is 0 Å². The molecule has 4 atom stereocenters. The van der Waals surface area contributed by atoms with Crippen LogP contribution < -0.4 is 14.8 Å². The highest BCUT2D eigenvalue weighted by Gasteiger charge is 2.53. The number of aliphatic hydroxyl groups excluding tert-OH is 2. The average Bonchev–Trinajstić information content (AvgIpc) is 2.86. The van der Waals surface area contributed by atoms with Crippen LogP contribution in [0.1, 0.15) is 22.8 Å². The lowest BCUT2D eigenvalue weighted by molar-refractivity contribution is 0.225. The molecule has 3 rings (SSSR count). The smallest absolute Gasteiger partial charge is 0.263 e. The topological polar surface area (TPSA) is 146 Å². The minimum Gasteiger partial charge on any atom is -0.497 e. The Kier molecular flexibility index (Phi) is 8.21. The summed E-state index contributed by atoms with van der Waals surface area (Å²) in [6.07, 6.45) is 0. The van der Waals surface area contributed by atoms with Gasteiger partial charge in [0.15, 0.2) is 17.2 Å². The number of hydrogen-bond acceptors (Lipinski definition) is 7. The van der Waals surface area contributed by atoms with Crippen molar-refractivity contribution in [3.63, 3.8) is 0 Å². The number of aliphatic hydroxyl groups is 2. The highest BCUT2D eigenvalue weighted by atomic mass is 31.2. The molecule has 11 heteroatoms. The molecule has 34 heavy (non-hydrogen) atoms. The van der Waals surface area contributed by atoms with E-state index in [-0.39, 0.29) is 16.8 Å². The highest BCUT2D eigenvalue weighted by molar-refractivity contribution is 7.76. The molecule has 0 heterocycles. The number of hydrogen-bond donors (Lipinski definition) is 5. The Morgan fingerprint density at radius 2 is 1.06 bits per heavy atom. The molecule has 5 N–H and O–H groups in total. The number of nitrogens with one attached hydrogen (secondary N) is 1. The summed E-state index contributed by atoms with van der Waals surface area (Å²) in [5.74, 6) is -3.10. The van der Waals surface area contributed by atoms with Gasteiger partial charge in [-0.3, -0.25) is 9.13 Å². The molecule has 3 aromatic rings. The van der Waals surface area contributed by atoms with Crippen molar-refractivity contribution in [2.24, 2.45) is 0 Å². The first-order valence-corrected chi connectivity index (χ1v) is 13.8. The van der Waals surface area contributed by atoms with Crippen molar-refractivity contribution in [3.8, 4) is 11.5 Å². The predicted molar refractivity (Wildman–Crippen MR) is 129 cm³/mol. The first kappa shape index (κ1) is 26.0. The van der Waals surface area contributed by atoms with Crippen molar-refractivity contribution in [1.29, 1.82) is 0 Å². The highest BCUT2D eigenvalue weighted by Crippen LogP contribution is 2.73. The molecule has 0 aliphatic rings. The molecule has 3 aromatic carbocycles. The van der Waals surface area contributed by atoms with Crippen molar-refractivity contribution in [2.75, 3.05) is 19.5 Å². The zero-order valence-corrected chi connectivity index (χ0v) is 20.3. The molecule has 182 valence electrons. The largest absolute Gasteiger partial charge is 0.497 e. The van der Waals surface area contributed by atoms with Gasteiger partial charge in [0.25, 0.3) is 14.7 Å². The lowest BCUT2D eigenvalue weighted by Gasteiger charge is -2.33. The lowest BCUT2D eigenvalue weighted by atomic mass is 10.2. The Morgan fingerprint density at radius 1 is 0.676 bits per heavy atom. The van der Waals surface area contributed by atoms with Gasteiger partial charge in [0.2, 0.25) is 0 Å². The molecule has 0 aliphatic carbocycles. The third-order valence-electron chi connectivity index (χ3n) is 5.30. The molecule has 0 bridgehead atoms. The molecule has 4 unspecified atom stereocenters. The van der Waals surface area contributed by atoms with Crippen LogP contribution in [0.2, 0.25) is 0 Å². The number of rotatable bonds is 10. The molecule has 0 saturated heterocycles. The Labute approximate surface area is 197 Å². The van der Waals surface area contributed by atoms with E-state index in [1.54, 1.807) is 18.2 Å². The molecular weight excluding hydrogens is 480 g/mol. The minimum absolute atomic E-state index is 0.0467. The van der Waals surface area contributed by atoms with Gasteiger partial charge < -0.3 is 34.8 Å². The third kappa shape index (κ3) is 5.53. The average molecular weight is 507 g/mol. The molecule has 0 radical (unpaired) electrons. The number of anilines is 1. The van der Waals surface area contributed by atoms with Crippen LogP contribution >= 0.6 is 14.7 Å². The van der Waals surface area contributed by atoms with Crippen LogP contribution in [0.5, 0.6) is 11.5 Å². The number of benzene rings is 3. The van der Waals surface area contributed by atoms with Crippen molar-refractivity contribution < 1.29 is 38.6 Å². The SMILES string of the molecule is COc1ccc(C(O)P(=O)(O)C(Nc2ccccc2)P(=O)(O)C(O)c2ccc(OC)cc2)cc1. The molecule has 0 fully saturated rings. The van der Waals surface area contributed by atoms with Crippen molar-refractivity contribution in [3.05, 3.63) is 90.0 Å². The van der Waals surface area contributed by atoms with Gasteiger partial charge in [-0.1, -0.05) is 42.5 Å². The lowest BCUT2D eigenvalue weighted by Crippen LogP contribution is -2.25. The second-order valence-electron chi connectivity index (χ2n) is 7.52. The van der Waals surface area contributed by atoms with Crippen LogP contribution in [0, 0.1) is 0 Å². The summed E-state index contributed by atoms with van der Waals surface area (Å²) in [7, 11) is -6.92. The second-order valence-corrected chi connectivity index (χ2v) is 12.6. The fourth-order valence-corrected chi connectivity index (χ4v) is 8.41. The van der Waals surface area contributed by atoms with E-state index in [9.17, 15) is 29.1 Å². The van der Waals surface area contributed by atoms with Gasteiger partial charge in [0.1, 0.15) is 11.5 Å². The van der Waals surface area contributed by atoms with Gasteiger partial charge >= 0.3 is 0 Å². The van der Waals surface area contributed by atoms with E-state index in [2.05, 4.69) is 5.32 Å². The fraction of sp³-hybridized carbons (Fsp3) is 0.217. The van der Waals surface area contributed by atoms with E-state index in [0.29, 0.717) is 11.5 Å². The van der Waals surface area contributed by atoms with Gasteiger partial charge in [0, 0.05) is 5.69 Å². The monoisotopic (exact) mass is 507 g/mol. The summed E-state index contributed by atoms with van der Waals surface area (Å²) in [6, 6.07) is 19.5. The molecule has 0 spiro atoms. The summed E-state index contributed by atoms with van der Waals surface area (Å²) in [6.45, 7) is 0. The summed E-state index contributed by atoms with van der Waals surface area (Å²) < 4.78 is 37.3. The van der Waals surface area contributed by atoms with Gasteiger partial charge in [-0.05, 0) is 47.5 Å². The van der Waals surface area contributed by atoms with E-state index in [1.165, 1.54) is 74.9 Å². The maximum Gasteiger partial charge on any atom is 0.263 e. The summed E-state index contributed by atoms with van der Waals surface area (Å²) in [5.41, 5.74) is -1.73. The Bertz CT molecular complexity index is 1100. The first-order chi connectivity index (χ1) is 16.1. The van der Waals surface area contributed by atoms with Crippen LogP contribution in [-0.4, -0.2) is 39.7 Å². The third-order valence-corrected chi connectivity index (χ3v) is 10.9. The number of para-hydroxylation sites is 1. The summed E-state index contributed by atoms with van der Waals surface area (Å²) in [5, 5.41) is 24.3. The predicted octanol–water partition coefficient (Wildman–Crippen LogP) is 4.32. The summed E-state index contributed by atoms with van der Waals surface area (Å²) in [4.78, 5) is 22.1. The van der Waals surface area contributed by atoms with E-state index >= 15 is 0 Å². The van der Waals surface area contributed by atoms with Crippen LogP contribution in [0.25, 0.3) is 0 Å². The Balaban J connectivity index is 2.03. The van der Waals surface area contributed by atoms with Crippen LogP contribution in [0.15, 0.2) is 78.9 Å². The molecule has 0 amide bonds. The molecule has 0 aliphatic heterocycles. The van der Waals surface area contributed by atoms with E-state index < -0.39 is 32.0 Å². The summed E-state index contributed by atoms with van der Waals surface area (Å²) >= 11 is 0. The zero-order valence-electron chi connectivity index (χ0n) is 18.6. The number of methoxy groups -OCH3 is 2. The molecule has 0 saturated carbocycles. The number of ether oxygens (including phenoxy) is 2. The molecule has 9 nitrogen and oxygen atoms in total. The molecular formula is C23H27NO8P2. The van der Waals surface area contributed by atoms with Crippen molar-refractivity contribution in [1.82, 2.24) is 0 Å². The quantitative estimate of drug-likeness (QED) is 0.253. The van der Waals surface area contributed by atoms with E-state index in [4.69, 9.17) is 9.47 Å². The zero-order chi connectivity index (χ0) is 24.9. The fourth-order valence-electron chi connectivity index (χ4n) is 3.35. The van der Waals surface area contributed by atoms with E-state index in [1.807, 2.05) is 0 Å². The second kappa shape index (κ2) is 10.7. The van der Waals surface area contributed by atoms with Crippen molar-refractivity contribution in [2.45, 2.75) is 17.2 Å². The van der Waals surface area contributed by atoms with Gasteiger partial charge in [0.05, 0.1) is 14.2 Å². The normalized spacial score (nSPS) is 17.5. The van der Waals surface area contributed by atoms with Crippen LogP contribution in [-0.2, 0) is 9.13 Å². The van der Waals surface area contributed by atoms with Crippen LogP contribution in [0.4, 0.5) is 5.69 Å². The molecule has 0 aromatic heterocycles. The maximum absolute atomic E-state index is 13.6. The van der Waals surface area contributed by atoms with Gasteiger partial charge in [-0.25, -0.2) is 0 Å². The minimum atomic E-state index is -4.91. The Morgan fingerprint density at radius 3 is 1.41 bits per heavy atom. The van der Waals surface area contributed by atoms with Crippen LogP contribution in [0.3, 0.4) is 0 Å². The standard InChI is InChI=1S/C23H27NO8P2/c1-31-19-12-8-16(9-13-19)21(25)33(27,28)23(24-18-6-4-3-5-7-18)34(29,30)22(26)17-10-14-20(32-2)15-11-17/h3-15,21-26H,1-2H3,(H,27,28)(H,29,30). The maximum atomic E-state index is 13.6.